The van der Waals surface area contributed by atoms with Crippen LogP contribution in [0.4, 0.5) is 0 Å². The smallest absolute Gasteiger partial charge is 0.147 e. The van der Waals surface area contributed by atoms with Gasteiger partial charge in [0.15, 0.2) is 0 Å². The van der Waals surface area contributed by atoms with Gasteiger partial charge in [-0.2, -0.15) is 0 Å². The molecule has 1 saturated heterocycles. The zero-order chi connectivity index (χ0) is 12.7. The molecule has 0 aromatic rings. The molecule has 0 spiro atoms. The van der Waals surface area contributed by atoms with Gasteiger partial charge in [0.25, 0.3) is 0 Å². The maximum Gasteiger partial charge on any atom is 0.147 e. The van der Waals surface area contributed by atoms with Gasteiger partial charge in [-0.1, -0.05) is 0 Å². The van der Waals surface area contributed by atoms with Crippen LogP contribution in [0.1, 0.15) is 41.5 Å². The van der Waals surface area contributed by atoms with Crippen molar-refractivity contribution in [1.29, 1.82) is 0 Å². The zero-order valence-corrected chi connectivity index (χ0v) is 11.4. The second kappa shape index (κ2) is 4.26. The average molecular weight is 230 g/mol. The molecule has 0 unspecified atom stereocenters. The fraction of sp³-hybridized carbons (Fsp3) is 1.00. The Morgan fingerprint density at radius 1 is 0.750 bits per heavy atom. The number of aliphatic hydroxyl groups excluding tert-OH is 2. The molecule has 2 atom stereocenters. The van der Waals surface area contributed by atoms with Crippen LogP contribution in [0.2, 0.25) is 0 Å². The van der Waals surface area contributed by atoms with E-state index in [-0.39, 0.29) is 11.1 Å². The first kappa shape index (κ1) is 13.9. The van der Waals surface area contributed by atoms with Crippen LogP contribution in [0.15, 0.2) is 0 Å². The van der Waals surface area contributed by atoms with Crippen molar-refractivity contribution in [2.45, 2.75) is 65.1 Å². The maximum atomic E-state index is 10.1. The van der Waals surface area contributed by atoms with Gasteiger partial charge in [-0.15, -0.1) is 0 Å². The third-order valence-corrected chi connectivity index (χ3v) is 3.21. The van der Waals surface area contributed by atoms with Crippen LogP contribution < -0.4 is 0 Å². The Morgan fingerprint density at radius 3 is 1.19 bits per heavy atom. The van der Waals surface area contributed by atoms with E-state index in [1.165, 1.54) is 0 Å². The van der Waals surface area contributed by atoms with E-state index in [4.69, 9.17) is 0 Å². The van der Waals surface area contributed by atoms with Crippen molar-refractivity contribution >= 4 is 0 Å². The zero-order valence-electron chi connectivity index (χ0n) is 11.4. The van der Waals surface area contributed by atoms with Crippen molar-refractivity contribution < 1.29 is 10.2 Å². The fourth-order valence-corrected chi connectivity index (χ4v) is 2.27. The summed E-state index contributed by atoms with van der Waals surface area (Å²) in [6.45, 7) is 13.9. The molecule has 4 nitrogen and oxygen atoms in total. The van der Waals surface area contributed by atoms with E-state index in [1.807, 2.05) is 9.80 Å². The molecule has 0 aliphatic carbocycles. The van der Waals surface area contributed by atoms with E-state index >= 15 is 0 Å². The molecule has 0 radical (unpaired) electrons. The molecule has 0 aromatic carbocycles. The summed E-state index contributed by atoms with van der Waals surface area (Å²) in [5.74, 6) is 0. The maximum absolute atomic E-state index is 10.1. The molecule has 1 aliphatic heterocycles. The third-order valence-electron chi connectivity index (χ3n) is 3.21. The van der Waals surface area contributed by atoms with Gasteiger partial charge < -0.3 is 10.2 Å². The Bertz CT molecular complexity index is 216. The molecule has 0 amide bonds. The minimum Gasteiger partial charge on any atom is -0.374 e. The SMILES string of the molecule is CC(C)(C)N1CCN(C(C)(C)C)[C@H](O)[C@H]1O. The highest BCUT2D eigenvalue weighted by atomic mass is 16.4. The van der Waals surface area contributed by atoms with Crippen molar-refractivity contribution in [3.05, 3.63) is 0 Å². The van der Waals surface area contributed by atoms with Gasteiger partial charge in [0, 0.05) is 24.2 Å². The Balaban J connectivity index is 2.81. The topological polar surface area (TPSA) is 46.9 Å². The molecule has 4 heteroatoms. The molecule has 1 aliphatic rings. The molecule has 16 heavy (non-hydrogen) atoms. The van der Waals surface area contributed by atoms with E-state index in [9.17, 15) is 10.2 Å². The summed E-state index contributed by atoms with van der Waals surface area (Å²) in [5, 5.41) is 20.3. The standard InChI is InChI=1S/C12H26N2O2/c1-11(2,3)13-7-8-14(12(4,5)6)10(16)9(13)15/h9-10,15-16H,7-8H2,1-6H3/t9-,10-/m1/s1. The second-order valence-corrected chi connectivity index (χ2v) is 6.56. The predicted octanol–water partition coefficient (Wildman–Crippen LogP) is 0.838. The first-order valence-electron chi connectivity index (χ1n) is 5.95. The van der Waals surface area contributed by atoms with Gasteiger partial charge >= 0.3 is 0 Å². The van der Waals surface area contributed by atoms with Gasteiger partial charge in [-0.05, 0) is 41.5 Å². The monoisotopic (exact) mass is 230 g/mol. The summed E-state index contributed by atoms with van der Waals surface area (Å²) < 4.78 is 0. The lowest BCUT2D eigenvalue weighted by Crippen LogP contribution is -2.67. The molecular formula is C12H26N2O2. The first-order chi connectivity index (χ1) is 7.05. The first-order valence-corrected chi connectivity index (χ1v) is 5.95. The van der Waals surface area contributed by atoms with Crippen LogP contribution in [-0.4, -0.2) is 56.6 Å². The minimum atomic E-state index is -0.812. The summed E-state index contributed by atoms with van der Waals surface area (Å²) >= 11 is 0. The normalized spacial score (nSPS) is 30.8. The molecule has 1 rings (SSSR count). The number of nitrogens with zero attached hydrogens (tertiary/aromatic N) is 2. The number of aliphatic hydroxyl groups is 2. The molecular weight excluding hydrogens is 204 g/mol. The van der Waals surface area contributed by atoms with Gasteiger partial charge in [-0.3, -0.25) is 9.80 Å². The van der Waals surface area contributed by atoms with E-state index in [2.05, 4.69) is 41.5 Å². The van der Waals surface area contributed by atoms with Crippen LogP contribution in [-0.2, 0) is 0 Å². The van der Waals surface area contributed by atoms with Crippen molar-refractivity contribution in [1.82, 2.24) is 9.80 Å². The molecule has 2 N–H and O–H groups in total. The minimum absolute atomic E-state index is 0.121. The lowest BCUT2D eigenvalue weighted by molar-refractivity contribution is -0.218. The number of hydrogen-bond acceptors (Lipinski definition) is 4. The van der Waals surface area contributed by atoms with Crippen molar-refractivity contribution in [3.63, 3.8) is 0 Å². The van der Waals surface area contributed by atoms with Crippen molar-refractivity contribution in [3.8, 4) is 0 Å². The Morgan fingerprint density at radius 2 is 1.00 bits per heavy atom. The van der Waals surface area contributed by atoms with Crippen LogP contribution in [0.5, 0.6) is 0 Å². The lowest BCUT2D eigenvalue weighted by atomic mass is 9.99. The largest absolute Gasteiger partial charge is 0.374 e. The molecule has 1 fully saturated rings. The van der Waals surface area contributed by atoms with E-state index < -0.39 is 12.5 Å². The summed E-state index contributed by atoms with van der Waals surface area (Å²) in [6, 6.07) is 0. The third kappa shape index (κ3) is 2.74. The average Bonchev–Trinajstić information content (AvgIpc) is 2.05. The highest BCUT2D eigenvalue weighted by Gasteiger charge is 2.42. The molecule has 1 heterocycles. The lowest BCUT2D eigenvalue weighted by Gasteiger charge is -2.52. The number of rotatable bonds is 0. The van der Waals surface area contributed by atoms with Crippen LogP contribution in [0, 0.1) is 0 Å². The quantitative estimate of drug-likeness (QED) is 0.647. The van der Waals surface area contributed by atoms with Crippen molar-refractivity contribution in [2.75, 3.05) is 13.1 Å². The van der Waals surface area contributed by atoms with Gasteiger partial charge in [0.05, 0.1) is 0 Å². The molecule has 0 aromatic heterocycles. The second-order valence-electron chi connectivity index (χ2n) is 6.56. The predicted molar refractivity (Wildman–Crippen MR) is 64.9 cm³/mol. The molecule has 0 bridgehead atoms. The van der Waals surface area contributed by atoms with E-state index in [1.54, 1.807) is 0 Å². The van der Waals surface area contributed by atoms with Crippen LogP contribution in [0.3, 0.4) is 0 Å². The Kier molecular flexibility index (Phi) is 3.70. The molecule has 96 valence electrons. The van der Waals surface area contributed by atoms with E-state index in [0.29, 0.717) is 0 Å². The van der Waals surface area contributed by atoms with Crippen LogP contribution >= 0.6 is 0 Å². The highest BCUT2D eigenvalue weighted by Crippen LogP contribution is 2.27. The number of hydrogen-bond donors (Lipinski definition) is 2. The summed E-state index contributed by atoms with van der Waals surface area (Å²) in [4.78, 5) is 3.89. The molecule has 0 saturated carbocycles. The van der Waals surface area contributed by atoms with Gasteiger partial charge in [0.2, 0.25) is 0 Å². The Hall–Kier alpha value is -0.160. The Labute approximate surface area is 98.9 Å². The summed E-state index contributed by atoms with van der Waals surface area (Å²) in [5.41, 5.74) is -0.241. The van der Waals surface area contributed by atoms with Crippen LogP contribution in [0.25, 0.3) is 0 Å². The van der Waals surface area contributed by atoms with Crippen molar-refractivity contribution in [2.24, 2.45) is 0 Å². The summed E-state index contributed by atoms with van der Waals surface area (Å²) in [7, 11) is 0. The number of piperazine rings is 1. The summed E-state index contributed by atoms with van der Waals surface area (Å²) in [6.07, 6.45) is -1.62. The van der Waals surface area contributed by atoms with Gasteiger partial charge in [0.1, 0.15) is 12.5 Å². The van der Waals surface area contributed by atoms with Gasteiger partial charge in [-0.25, -0.2) is 0 Å². The highest BCUT2D eigenvalue weighted by molar-refractivity contribution is 4.91. The van der Waals surface area contributed by atoms with E-state index in [0.717, 1.165) is 13.1 Å². The fourth-order valence-electron chi connectivity index (χ4n) is 2.27.